The molecule has 0 unspecified atom stereocenters. The average molecular weight is 375 g/mol. The molecule has 0 fully saturated rings. The lowest BCUT2D eigenvalue weighted by molar-refractivity contribution is -0.117. The summed E-state index contributed by atoms with van der Waals surface area (Å²) in [4.78, 5) is 24.1. The zero-order chi connectivity index (χ0) is 19.5. The molecule has 0 spiro atoms. The zero-order valence-electron chi connectivity index (χ0n) is 14.4. The number of benzene rings is 1. The number of amides is 1. The van der Waals surface area contributed by atoms with Gasteiger partial charge in [-0.25, -0.2) is 17.4 Å². The van der Waals surface area contributed by atoms with Crippen LogP contribution < -0.4 is 10.9 Å². The molecule has 0 aliphatic carbocycles. The molecule has 0 radical (unpaired) electrons. The first-order valence-electron chi connectivity index (χ1n) is 7.46. The first kappa shape index (κ1) is 19.3. The van der Waals surface area contributed by atoms with E-state index in [0.717, 1.165) is 8.99 Å². The summed E-state index contributed by atoms with van der Waals surface area (Å²) < 4.78 is 26.6. The Morgan fingerprint density at radius 1 is 1.35 bits per heavy atom. The van der Waals surface area contributed by atoms with Gasteiger partial charge in [-0.3, -0.25) is 9.59 Å². The highest BCUT2D eigenvalue weighted by Gasteiger charge is 2.20. The van der Waals surface area contributed by atoms with Crippen LogP contribution in [0.4, 0.5) is 5.69 Å². The van der Waals surface area contributed by atoms with Gasteiger partial charge in [-0.2, -0.15) is 10.4 Å². The summed E-state index contributed by atoms with van der Waals surface area (Å²) in [6.07, 6.45) is 1.25. The molecule has 0 aliphatic heterocycles. The number of aromatic nitrogens is 2. The van der Waals surface area contributed by atoms with E-state index in [1.807, 2.05) is 0 Å². The van der Waals surface area contributed by atoms with Crippen LogP contribution in [0, 0.1) is 18.3 Å². The Morgan fingerprint density at radius 3 is 2.65 bits per heavy atom. The van der Waals surface area contributed by atoms with Gasteiger partial charge in [-0.1, -0.05) is 6.07 Å². The van der Waals surface area contributed by atoms with E-state index < -0.39 is 28.0 Å². The Bertz CT molecular complexity index is 1050. The maximum Gasteiger partial charge on any atom is 0.285 e. The highest BCUT2D eigenvalue weighted by atomic mass is 32.2. The Labute approximate surface area is 150 Å². The molecule has 26 heavy (non-hydrogen) atoms. The van der Waals surface area contributed by atoms with Gasteiger partial charge in [-0.05, 0) is 30.7 Å². The van der Waals surface area contributed by atoms with Crippen LogP contribution in [0.15, 0.2) is 40.2 Å². The molecule has 0 saturated heterocycles. The third-order valence-corrected chi connectivity index (χ3v) is 5.51. The van der Waals surface area contributed by atoms with Crippen molar-refractivity contribution in [3.63, 3.8) is 0 Å². The molecule has 2 rings (SSSR count). The maximum absolute atomic E-state index is 12.3. The first-order chi connectivity index (χ1) is 12.2. The van der Waals surface area contributed by atoms with Crippen LogP contribution >= 0.6 is 0 Å². The Balaban J connectivity index is 2.26. The Morgan fingerprint density at radius 2 is 2.04 bits per heavy atom. The fourth-order valence-electron chi connectivity index (χ4n) is 2.14. The summed E-state index contributed by atoms with van der Waals surface area (Å²) in [5.41, 5.74) is 0.00856. The molecular weight excluding hydrogens is 358 g/mol. The second kappa shape index (κ2) is 7.47. The van der Waals surface area contributed by atoms with Crippen molar-refractivity contribution in [2.75, 3.05) is 19.4 Å². The second-order valence-corrected chi connectivity index (χ2v) is 7.76. The summed E-state index contributed by atoms with van der Waals surface area (Å²) in [5, 5.41) is 15.1. The minimum atomic E-state index is -3.66. The van der Waals surface area contributed by atoms with Crippen LogP contribution in [-0.2, 0) is 21.4 Å². The van der Waals surface area contributed by atoms with Gasteiger partial charge in [0.25, 0.3) is 5.56 Å². The monoisotopic (exact) mass is 375 g/mol. The topological polar surface area (TPSA) is 125 Å². The predicted octanol–water partition coefficient (Wildman–Crippen LogP) is 0.312. The van der Waals surface area contributed by atoms with Crippen molar-refractivity contribution in [3.05, 3.63) is 51.9 Å². The summed E-state index contributed by atoms with van der Waals surface area (Å²) in [5.74, 6) is -0.577. The van der Waals surface area contributed by atoms with E-state index in [1.165, 1.54) is 32.4 Å². The molecule has 1 N–H and O–H groups in total. The fourth-order valence-corrected chi connectivity index (χ4v) is 3.28. The van der Waals surface area contributed by atoms with Crippen molar-refractivity contribution in [1.82, 2.24) is 14.1 Å². The van der Waals surface area contributed by atoms with Crippen molar-refractivity contribution in [1.29, 1.82) is 5.26 Å². The number of carbonyl (C=O) groups is 1. The lowest BCUT2D eigenvalue weighted by Crippen LogP contribution is -2.30. The third kappa shape index (κ3) is 3.96. The van der Waals surface area contributed by atoms with E-state index in [2.05, 4.69) is 10.4 Å². The number of hydrogen-bond donors (Lipinski definition) is 1. The third-order valence-electron chi connectivity index (χ3n) is 3.56. The number of sulfonamides is 1. The molecule has 1 heterocycles. The van der Waals surface area contributed by atoms with E-state index in [4.69, 9.17) is 5.26 Å². The molecule has 1 aromatic carbocycles. The number of anilines is 1. The molecule has 0 bridgehead atoms. The molecule has 9 nitrogen and oxygen atoms in total. The summed E-state index contributed by atoms with van der Waals surface area (Å²) in [6, 6.07) is 7.47. The lowest BCUT2D eigenvalue weighted by atomic mass is 10.2. The van der Waals surface area contributed by atoms with Gasteiger partial charge in [0.05, 0.1) is 4.90 Å². The van der Waals surface area contributed by atoms with Crippen LogP contribution in [0.2, 0.25) is 0 Å². The Hall–Kier alpha value is -3.03. The highest BCUT2D eigenvalue weighted by molar-refractivity contribution is 7.89. The number of nitrogens with zero attached hydrogens (tertiary/aromatic N) is 4. The van der Waals surface area contributed by atoms with Gasteiger partial charge < -0.3 is 5.32 Å². The van der Waals surface area contributed by atoms with E-state index in [1.54, 1.807) is 25.1 Å². The number of hydrogen-bond acceptors (Lipinski definition) is 6. The molecule has 10 heteroatoms. The lowest BCUT2D eigenvalue weighted by Gasteiger charge is -2.15. The van der Waals surface area contributed by atoms with Crippen molar-refractivity contribution >= 4 is 21.6 Å². The number of aryl methyl sites for hydroxylation is 1. The molecule has 1 aromatic heterocycles. The molecular formula is C16H17N5O4S. The fraction of sp³-hybridized carbons (Fsp3) is 0.250. The smallest absolute Gasteiger partial charge is 0.285 e. The van der Waals surface area contributed by atoms with Crippen LogP contribution in [0.1, 0.15) is 11.1 Å². The molecule has 2 aromatic rings. The summed E-state index contributed by atoms with van der Waals surface area (Å²) in [7, 11) is -0.828. The molecule has 136 valence electrons. The van der Waals surface area contributed by atoms with Crippen LogP contribution in [0.5, 0.6) is 0 Å². The maximum atomic E-state index is 12.3. The minimum Gasteiger partial charge on any atom is -0.324 e. The van der Waals surface area contributed by atoms with Crippen LogP contribution in [0.3, 0.4) is 0 Å². The average Bonchev–Trinajstić information content (AvgIpc) is 2.58. The van der Waals surface area contributed by atoms with Crippen LogP contribution in [0.25, 0.3) is 0 Å². The predicted molar refractivity (Wildman–Crippen MR) is 93.9 cm³/mol. The van der Waals surface area contributed by atoms with Crippen molar-refractivity contribution in [2.45, 2.75) is 18.4 Å². The number of nitriles is 1. The number of rotatable bonds is 5. The van der Waals surface area contributed by atoms with E-state index in [9.17, 15) is 18.0 Å². The van der Waals surface area contributed by atoms with E-state index in [-0.39, 0.29) is 16.1 Å². The molecule has 0 atom stereocenters. The van der Waals surface area contributed by atoms with Crippen molar-refractivity contribution in [2.24, 2.45) is 0 Å². The normalized spacial score (nSPS) is 11.2. The molecule has 0 saturated carbocycles. The van der Waals surface area contributed by atoms with Gasteiger partial charge in [0, 0.05) is 26.0 Å². The SMILES string of the molecule is Cc1ccc(NC(=O)Cn2nccc(C#N)c2=O)cc1S(=O)(=O)N(C)C. The van der Waals surface area contributed by atoms with Gasteiger partial charge in [0.2, 0.25) is 15.9 Å². The van der Waals surface area contributed by atoms with Gasteiger partial charge in [-0.15, -0.1) is 0 Å². The highest BCUT2D eigenvalue weighted by Crippen LogP contribution is 2.22. The van der Waals surface area contributed by atoms with Crippen molar-refractivity contribution < 1.29 is 13.2 Å². The van der Waals surface area contributed by atoms with E-state index in [0.29, 0.717) is 5.56 Å². The molecule has 0 aliphatic rings. The van der Waals surface area contributed by atoms with E-state index >= 15 is 0 Å². The van der Waals surface area contributed by atoms with Crippen molar-refractivity contribution in [3.8, 4) is 6.07 Å². The Kier molecular flexibility index (Phi) is 5.54. The quantitative estimate of drug-likeness (QED) is 0.802. The number of nitrogens with one attached hydrogen (secondary N) is 1. The van der Waals surface area contributed by atoms with Crippen LogP contribution in [-0.4, -0.2) is 42.5 Å². The van der Waals surface area contributed by atoms with Gasteiger partial charge in [0.1, 0.15) is 18.2 Å². The van der Waals surface area contributed by atoms with Gasteiger partial charge in [0.15, 0.2) is 0 Å². The first-order valence-corrected chi connectivity index (χ1v) is 8.90. The number of carbonyl (C=O) groups excluding carboxylic acids is 1. The second-order valence-electron chi connectivity index (χ2n) is 5.64. The summed E-state index contributed by atoms with van der Waals surface area (Å²) in [6.45, 7) is 1.25. The summed E-state index contributed by atoms with van der Waals surface area (Å²) >= 11 is 0. The zero-order valence-corrected chi connectivity index (χ0v) is 15.2. The standard InChI is InChI=1S/C16H17N5O4S/c1-11-4-5-13(8-14(11)26(24,25)20(2)3)19-15(22)10-21-16(23)12(9-17)6-7-18-21/h4-8H,10H2,1-3H3,(H,19,22). The van der Waals surface area contributed by atoms with Gasteiger partial charge >= 0.3 is 0 Å². The minimum absolute atomic E-state index is 0.0714. The molecule has 1 amide bonds. The largest absolute Gasteiger partial charge is 0.324 e.